The molecule has 1 fully saturated rings. The van der Waals surface area contributed by atoms with Gasteiger partial charge in [-0.2, -0.15) is 5.10 Å². The molecule has 1 N–H and O–H groups in total. The summed E-state index contributed by atoms with van der Waals surface area (Å²) < 4.78 is 1.80. The molecule has 0 saturated carbocycles. The highest BCUT2D eigenvalue weighted by atomic mass is 127. The van der Waals surface area contributed by atoms with Gasteiger partial charge in [0.05, 0.1) is 12.7 Å². The van der Waals surface area contributed by atoms with Gasteiger partial charge in [0.1, 0.15) is 0 Å². The molecule has 0 atom stereocenters. The SMILES string of the molecule is CCNC(=NCc1cnn(C)c1)N1CCN(c2ncccn2)CC1.I. The van der Waals surface area contributed by atoms with E-state index in [2.05, 4.69) is 37.1 Å². The quantitative estimate of drug-likeness (QED) is 0.422. The van der Waals surface area contributed by atoms with Crippen LogP contribution in [0.1, 0.15) is 12.5 Å². The van der Waals surface area contributed by atoms with E-state index in [4.69, 9.17) is 4.99 Å². The molecule has 1 aliphatic rings. The topological polar surface area (TPSA) is 74.5 Å². The van der Waals surface area contributed by atoms with Crippen molar-refractivity contribution < 1.29 is 0 Å². The smallest absolute Gasteiger partial charge is 0.225 e. The Labute approximate surface area is 165 Å². The molecule has 2 aromatic heterocycles. The second-order valence-electron chi connectivity index (χ2n) is 5.72. The maximum absolute atomic E-state index is 4.75. The van der Waals surface area contributed by atoms with Gasteiger partial charge in [0.2, 0.25) is 5.95 Å². The van der Waals surface area contributed by atoms with Crippen molar-refractivity contribution in [1.29, 1.82) is 0 Å². The van der Waals surface area contributed by atoms with E-state index in [-0.39, 0.29) is 24.0 Å². The predicted octanol–water partition coefficient (Wildman–Crippen LogP) is 1.12. The zero-order chi connectivity index (χ0) is 16.8. The van der Waals surface area contributed by atoms with Crippen LogP contribution in [0.25, 0.3) is 0 Å². The molecule has 0 aromatic carbocycles. The van der Waals surface area contributed by atoms with Crippen molar-refractivity contribution in [2.75, 3.05) is 37.6 Å². The van der Waals surface area contributed by atoms with Crippen LogP contribution in [-0.2, 0) is 13.6 Å². The predicted molar refractivity (Wildman–Crippen MR) is 109 cm³/mol. The summed E-state index contributed by atoms with van der Waals surface area (Å²) in [6.07, 6.45) is 7.43. The number of nitrogens with one attached hydrogen (secondary N) is 1. The number of guanidine groups is 1. The molecule has 0 bridgehead atoms. The molecular weight excluding hydrogens is 431 g/mol. The number of aliphatic imine (C=N–C) groups is 1. The number of halogens is 1. The highest BCUT2D eigenvalue weighted by molar-refractivity contribution is 14.0. The summed E-state index contributed by atoms with van der Waals surface area (Å²) in [7, 11) is 1.92. The molecular formula is C16H25IN8. The van der Waals surface area contributed by atoms with Gasteiger partial charge in [0.15, 0.2) is 5.96 Å². The Bertz CT molecular complexity index is 664. The van der Waals surface area contributed by atoms with Crippen molar-refractivity contribution in [3.8, 4) is 0 Å². The highest BCUT2D eigenvalue weighted by Gasteiger charge is 2.21. The lowest BCUT2D eigenvalue weighted by Gasteiger charge is -2.36. The van der Waals surface area contributed by atoms with E-state index in [0.29, 0.717) is 6.54 Å². The molecule has 0 spiro atoms. The molecule has 0 radical (unpaired) electrons. The summed E-state index contributed by atoms with van der Waals surface area (Å²) in [4.78, 5) is 17.9. The molecule has 0 amide bonds. The molecule has 1 saturated heterocycles. The number of rotatable bonds is 4. The Balaban J connectivity index is 0.00000225. The van der Waals surface area contributed by atoms with Crippen LogP contribution in [0, 0.1) is 0 Å². The summed E-state index contributed by atoms with van der Waals surface area (Å²) >= 11 is 0. The first-order valence-corrected chi connectivity index (χ1v) is 8.29. The van der Waals surface area contributed by atoms with Gasteiger partial charge >= 0.3 is 0 Å². The number of aryl methyl sites for hydroxylation is 1. The maximum Gasteiger partial charge on any atom is 0.225 e. The van der Waals surface area contributed by atoms with Crippen molar-refractivity contribution in [3.05, 3.63) is 36.4 Å². The van der Waals surface area contributed by atoms with Gasteiger partial charge in [-0.15, -0.1) is 24.0 Å². The van der Waals surface area contributed by atoms with Crippen molar-refractivity contribution in [3.63, 3.8) is 0 Å². The fourth-order valence-electron chi connectivity index (χ4n) is 2.72. The van der Waals surface area contributed by atoms with Crippen LogP contribution in [0.15, 0.2) is 35.8 Å². The lowest BCUT2D eigenvalue weighted by molar-refractivity contribution is 0.370. The van der Waals surface area contributed by atoms with Crippen LogP contribution in [0.2, 0.25) is 0 Å². The zero-order valence-electron chi connectivity index (χ0n) is 14.7. The summed E-state index contributed by atoms with van der Waals surface area (Å²) in [5.74, 6) is 1.75. The standard InChI is InChI=1S/C16H24N8.HI/c1-3-17-15(20-11-14-12-21-22(2)13-14)23-7-9-24(10-8-23)16-18-5-4-6-19-16;/h4-6,12-13H,3,7-11H2,1-2H3,(H,17,20);1H. The molecule has 136 valence electrons. The Morgan fingerprint density at radius 3 is 2.52 bits per heavy atom. The van der Waals surface area contributed by atoms with E-state index in [9.17, 15) is 0 Å². The minimum atomic E-state index is 0. The normalized spacial score (nSPS) is 15.0. The Hall–Kier alpha value is -1.91. The van der Waals surface area contributed by atoms with Crippen molar-refractivity contribution in [2.24, 2.45) is 12.0 Å². The molecule has 25 heavy (non-hydrogen) atoms. The lowest BCUT2D eigenvalue weighted by Crippen LogP contribution is -2.52. The van der Waals surface area contributed by atoms with Gasteiger partial charge in [-0.05, 0) is 13.0 Å². The first kappa shape index (κ1) is 19.4. The number of hydrogen-bond donors (Lipinski definition) is 1. The minimum Gasteiger partial charge on any atom is -0.357 e. The second kappa shape index (κ2) is 9.54. The zero-order valence-corrected chi connectivity index (χ0v) is 17.0. The summed E-state index contributed by atoms with van der Waals surface area (Å²) in [5.41, 5.74) is 1.12. The van der Waals surface area contributed by atoms with Crippen LogP contribution in [-0.4, -0.2) is 63.3 Å². The monoisotopic (exact) mass is 456 g/mol. The fourth-order valence-corrected chi connectivity index (χ4v) is 2.72. The van der Waals surface area contributed by atoms with E-state index >= 15 is 0 Å². The third-order valence-electron chi connectivity index (χ3n) is 3.92. The number of nitrogens with zero attached hydrogens (tertiary/aromatic N) is 7. The summed E-state index contributed by atoms with van der Waals surface area (Å²) in [5, 5.41) is 7.57. The van der Waals surface area contributed by atoms with Gasteiger partial charge in [0, 0.05) is 63.9 Å². The third-order valence-corrected chi connectivity index (χ3v) is 3.92. The highest BCUT2D eigenvalue weighted by Crippen LogP contribution is 2.10. The Morgan fingerprint density at radius 1 is 1.20 bits per heavy atom. The van der Waals surface area contributed by atoms with Crippen molar-refractivity contribution in [1.82, 2.24) is 30.0 Å². The molecule has 1 aliphatic heterocycles. The van der Waals surface area contributed by atoms with Crippen LogP contribution in [0.4, 0.5) is 5.95 Å². The Kier molecular flexibility index (Phi) is 7.41. The van der Waals surface area contributed by atoms with E-state index in [1.807, 2.05) is 25.5 Å². The third kappa shape index (κ3) is 5.28. The van der Waals surface area contributed by atoms with E-state index in [1.165, 1.54) is 0 Å². The van der Waals surface area contributed by atoms with Crippen LogP contribution >= 0.6 is 24.0 Å². The maximum atomic E-state index is 4.75. The molecule has 8 nitrogen and oxygen atoms in total. The average molecular weight is 456 g/mol. The molecule has 0 unspecified atom stereocenters. The van der Waals surface area contributed by atoms with Crippen molar-refractivity contribution >= 4 is 35.9 Å². The van der Waals surface area contributed by atoms with Crippen LogP contribution < -0.4 is 10.2 Å². The summed E-state index contributed by atoms with van der Waals surface area (Å²) in [6.45, 7) is 7.16. The number of anilines is 1. The number of piperazine rings is 1. The van der Waals surface area contributed by atoms with Crippen LogP contribution in [0.3, 0.4) is 0 Å². The minimum absolute atomic E-state index is 0. The summed E-state index contributed by atoms with van der Waals surface area (Å²) in [6, 6.07) is 1.84. The molecule has 3 heterocycles. The van der Waals surface area contributed by atoms with E-state index < -0.39 is 0 Å². The number of hydrogen-bond acceptors (Lipinski definition) is 5. The molecule has 3 rings (SSSR count). The Morgan fingerprint density at radius 2 is 1.92 bits per heavy atom. The fraction of sp³-hybridized carbons (Fsp3) is 0.500. The van der Waals surface area contributed by atoms with Gasteiger partial charge in [-0.3, -0.25) is 4.68 Å². The molecule has 0 aliphatic carbocycles. The van der Waals surface area contributed by atoms with Crippen molar-refractivity contribution in [2.45, 2.75) is 13.5 Å². The van der Waals surface area contributed by atoms with E-state index in [0.717, 1.165) is 50.2 Å². The van der Waals surface area contributed by atoms with Gasteiger partial charge in [-0.25, -0.2) is 15.0 Å². The van der Waals surface area contributed by atoms with Gasteiger partial charge in [0.25, 0.3) is 0 Å². The second-order valence-corrected chi connectivity index (χ2v) is 5.72. The van der Waals surface area contributed by atoms with Gasteiger partial charge in [-0.1, -0.05) is 0 Å². The number of aromatic nitrogens is 4. The molecule has 9 heteroatoms. The largest absolute Gasteiger partial charge is 0.357 e. The van der Waals surface area contributed by atoms with Gasteiger partial charge < -0.3 is 15.1 Å². The van der Waals surface area contributed by atoms with Crippen LogP contribution in [0.5, 0.6) is 0 Å². The van der Waals surface area contributed by atoms with E-state index in [1.54, 1.807) is 17.1 Å². The lowest BCUT2D eigenvalue weighted by atomic mass is 10.3. The average Bonchev–Trinajstić information content (AvgIpc) is 3.05. The first-order chi connectivity index (χ1) is 11.8. The first-order valence-electron chi connectivity index (χ1n) is 8.29. The molecule has 2 aromatic rings.